The van der Waals surface area contributed by atoms with Gasteiger partial charge in [-0.1, -0.05) is 18.7 Å². The average Bonchev–Trinajstić information content (AvgIpc) is 3.12. The number of thioether (sulfide) groups is 1. The van der Waals surface area contributed by atoms with Crippen LogP contribution in [0.1, 0.15) is 48.4 Å². The number of fused-ring (bicyclic) bond motifs is 5. The molecule has 4 aromatic rings. The van der Waals surface area contributed by atoms with E-state index in [1.54, 1.807) is 6.20 Å². The summed E-state index contributed by atoms with van der Waals surface area (Å²) < 4.78 is 2.12. The smallest absolute Gasteiger partial charge is 0.236 e. The van der Waals surface area contributed by atoms with E-state index in [1.165, 1.54) is 45.3 Å². The zero-order valence-corrected chi connectivity index (χ0v) is 18.9. The maximum atomic E-state index is 12.3. The number of hydrogen-bond donors (Lipinski definition) is 1. The third-order valence-corrected chi connectivity index (χ3v) is 8.51. The molecule has 30 heavy (non-hydrogen) atoms. The van der Waals surface area contributed by atoms with Gasteiger partial charge in [-0.15, -0.1) is 32.9 Å². The monoisotopic (exact) mass is 456 g/mol. The minimum Gasteiger partial charge on any atom is -0.301 e. The zero-order chi connectivity index (χ0) is 20.2. The normalized spacial score (nSPS) is 18.8. The van der Waals surface area contributed by atoms with Crippen LogP contribution in [-0.4, -0.2) is 36.2 Å². The fourth-order valence-corrected chi connectivity index (χ4v) is 6.79. The van der Waals surface area contributed by atoms with Gasteiger partial charge in [0.05, 0.1) is 11.1 Å². The molecule has 2 aliphatic rings. The fourth-order valence-electron chi connectivity index (χ4n) is 4.12. The maximum Gasteiger partial charge on any atom is 0.236 e. The minimum atomic E-state index is -0.0874. The zero-order valence-electron chi connectivity index (χ0n) is 16.4. The van der Waals surface area contributed by atoms with E-state index in [2.05, 4.69) is 31.8 Å². The Morgan fingerprint density at radius 1 is 1.33 bits per heavy atom. The molecule has 2 aliphatic carbocycles. The van der Waals surface area contributed by atoms with E-state index in [-0.39, 0.29) is 11.7 Å². The molecule has 0 saturated heterocycles. The summed E-state index contributed by atoms with van der Waals surface area (Å²) in [5.74, 6) is 2.42. The summed E-state index contributed by atoms with van der Waals surface area (Å²) >= 11 is 4.66. The van der Waals surface area contributed by atoms with Crippen LogP contribution in [0.15, 0.2) is 16.7 Å². The number of nitrogens with zero attached hydrogens (tertiary/aromatic N) is 5. The standard InChI is InChI=1S/C20H20N6OS3/c1-10-2-5-12-13(8-10)30-18-15(12)17-24-25-20(26(17)16(23-18)11-3-4-11)29-9-14(27)22-19-21-6-7-28-19/h6-7,10-11H,2-5,8-9H2,1H3,(H,21,22,27)/t10-/m1/s1. The van der Waals surface area contributed by atoms with Crippen molar-refractivity contribution < 1.29 is 4.79 Å². The van der Waals surface area contributed by atoms with Crippen molar-refractivity contribution in [2.75, 3.05) is 11.1 Å². The fraction of sp³-hybridized carbons (Fsp3) is 0.450. The summed E-state index contributed by atoms with van der Waals surface area (Å²) in [6.07, 6.45) is 7.42. The van der Waals surface area contributed by atoms with Crippen LogP contribution >= 0.6 is 34.4 Å². The van der Waals surface area contributed by atoms with Gasteiger partial charge in [-0.25, -0.2) is 9.97 Å². The van der Waals surface area contributed by atoms with Gasteiger partial charge in [0.15, 0.2) is 15.9 Å². The Labute approximate surface area is 185 Å². The van der Waals surface area contributed by atoms with Crippen LogP contribution in [0.4, 0.5) is 5.13 Å². The number of aromatic nitrogens is 5. The first kappa shape index (κ1) is 18.7. The summed E-state index contributed by atoms with van der Waals surface area (Å²) in [4.78, 5) is 24.1. The van der Waals surface area contributed by atoms with Crippen LogP contribution in [0.3, 0.4) is 0 Å². The molecule has 1 fully saturated rings. The largest absolute Gasteiger partial charge is 0.301 e. The van der Waals surface area contributed by atoms with Crippen LogP contribution in [0.25, 0.3) is 15.9 Å². The van der Waals surface area contributed by atoms with Gasteiger partial charge >= 0.3 is 0 Å². The van der Waals surface area contributed by atoms with Crippen molar-refractivity contribution in [2.45, 2.75) is 50.1 Å². The summed E-state index contributed by atoms with van der Waals surface area (Å²) in [5.41, 5.74) is 2.33. The highest BCUT2D eigenvalue weighted by molar-refractivity contribution is 7.99. The van der Waals surface area contributed by atoms with Crippen LogP contribution in [0, 0.1) is 5.92 Å². The molecule has 0 unspecified atom stereocenters. The number of anilines is 1. The number of amides is 1. The van der Waals surface area contributed by atoms with Crippen LogP contribution < -0.4 is 5.32 Å². The van der Waals surface area contributed by atoms with Crippen molar-refractivity contribution in [2.24, 2.45) is 5.92 Å². The Hall–Kier alpha value is -2.04. The van der Waals surface area contributed by atoms with Gasteiger partial charge in [-0.3, -0.25) is 9.20 Å². The molecule has 0 bridgehead atoms. The van der Waals surface area contributed by atoms with Crippen LogP contribution in [-0.2, 0) is 17.6 Å². The predicted molar refractivity (Wildman–Crippen MR) is 121 cm³/mol. The summed E-state index contributed by atoms with van der Waals surface area (Å²) in [7, 11) is 0. The average molecular weight is 457 g/mol. The number of nitrogens with one attached hydrogen (secondary N) is 1. The first-order valence-corrected chi connectivity index (χ1v) is 12.9. The molecule has 0 radical (unpaired) electrons. The molecule has 1 atom stereocenters. The van der Waals surface area contributed by atoms with Crippen LogP contribution in [0.2, 0.25) is 0 Å². The Morgan fingerprint density at radius 3 is 3.03 bits per heavy atom. The molecular formula is C20H20N6OS3. The second-order valence-corrected chi connectivity index (χ2v) is 11.0. The lowest BCUT2D eigenvalue weighted by Crippen LogP contribution is -2.14. The third kappa shape index (κ3) is 3.21. The van der Waals surface area contributed by atoms with Gasteiger partial charge in [0.2, 0.25) is 5.91 Å². The number of carbonyl (C=O) groups excluding carboxylic acids is 1. The lowest BCUT2D eigenvalue weighted by Gasteiger charge is -2.17. The minimum absolute atomic E-state index is 0.0874. The van der Waals surface area contributed by atoms with Crippen molar-refractivity contribution in [3.8, 4) is 0 Å². The molecule has 1 saturated carbocycles. The molecule has 154 valence electrons. The molecule has 0 spiro atoms. The summed E-state index contributed by atoms with van der Waals surface area (Å²) in [5, 5.41) is 16.3. The third-order valence-electron chi connectivity index (χ3n) is 5.75. The van der Waals surface area contributed by atoms with Gasteiger partial charge in [0.1, 0.15) is 10.7 Å². The van der Waals surface area contributed by atoms with Crippen molar-refractivity contribution in [1.82, 2.24) is 24.6 Å². The van der Waals surface area contributed by atoms with E-state index in [1.807, 2.05) is 16.7 Å². The Balaban J connectivity index is 1.38. The van der Waals surface area contributed by atoms with Crippen molar-refractivity contribution in [3.63, 3.8) is 0 Å². The number of rotatable bonds is 5. The van der Waals surface area contributed by atoms with Crippen molar-refractivity contribution in [3.05, 3.63) is 27.8 Å². The van der Waals surface area contributed by atoms with E-state index in [0.717, 1.165) is 53.1 Å². The molecule has 7 nitrogen and oxygen atoms in total. The highest BCUT2D eigenvalue weighted by Gasteiger charge is 2.32. The van der Waals surface area contributed by atoms with E-state index >= 15 is 0 Å². The van der Waals surface area contributed by atoms with Crippen molar-refractivity contribution in [1.29, 1.82) is 0 Å². The summed E-state index contributed by atoms with van der Waals surface area (Å²) in [6.45, 7) is 2.33. The molecule has 1 N–H and O–H groups in total. The van der Waals surface area contributed by atoms with Crippen LogP contribution in [0.5, 0.6) is 0 Å². The molecular weight excluding hydrogens is 436 g/mol. The molecule has 0 aliphatic heterocycles. The molecule has 4 heterocycles. The quantitative estimate of drug-likeness (QED) is 0.444. The number of carbonyl (C=O) groups is 1. The highest BCUT2D eigenvalue weighted by Crippen LogP contribution is 2.44. The van der Waals surface area contributed by atoms with Gasteiger partial charge in [-0.05, 0) is 43.6 Å². The first-order valence-electron chi connectivity index (χ1n) is 10.2. The lowest BCUT2D eigenvalue weighted by atomic mass is 9.89. The Kier molecular flexibility index (Phi) is 4.54. The predicted octanol–water partition coefficient (Wildman–Crippen LogP) is 4.53. The Morgan fingerprint density at radius 2 is 2.23 bits per heavy atom. The SMILES string of the molecule is C[C@@H]1CCc2c(sc3nc(C4CC4)n4c(SCC(=O)Nc5nccs5)nnc4c23)C1. The summed E-state index contributed by atoms with van der Waals surface area (Å²) in [6, 6.07) is 0. The molecule has 4 aromatic heterocycles. The second kappa shape index (κ2) is 7.28. The molecule has 6 rings (SSSR count). The van der Waals surface area contributed by atoms with Crippen molar-refractivity contribution >= 4 is 61.3 Å². The molecule has 10 heteroatoms. The first-order chi connectivity index (χ1) is 14.7. The Bertz CT molecular complexity index is 1260. The number of hydrogen-bond acceptors (Lipinski definition) is 8. The molecule has 1 amide bonds. The van der Waals surface area contributed by atoms with Gasteiger partial charge < -0.3 is 5.32 Å². The number of thiophene rings is 1. The maximum absolute atomic E-state index is 12.3. The van der Waals surface area contributed by atoms with E-state index in [0.29, 0.717) is 11.0 Å². The van der Waals surface area contributed by atoms with Gasteiger partial charge in [0.25, 0.3) is 0 Å². The second-order valence-electron chi connectivity index (χ2n) is 8.09. The van der Waals surface area contributed by atoms with Gasteiger partial charge in [0, 0.05) is 22.4 Å². The van der Waals surface area contributed by atoms with E-state index < -0.39 is 0 Å². The van der Waals surface area contributed by atoms with Gasteiger partial charge in [-0.2, -0.15) is 0 Å². The lowest BCUT2D eigenvalue weighted by molar-refractivity contribution is -0.113. The highest BCUT2D eigenvalue weighted by atomic mass is 32.2. The topological polar surface area (TPSA) is 85.1 Å². The van der Waals surface area contributed by atoms with E-state index in [9.17, 15) is 4.79 Å². The number of thiazole rings is 1. The number of aryl methyl sites for hydroxylation is 1. The van der Waals surface area contributed by atoms with E-state index in [4.69, 9.17) is 4.98 Å². The molecule has 0 aromatic carbocycles.